The van der Waals surface area contributed by atoms with Crippen LogP contribution in [0.1, 0.15) is 46.5 Å². The maximum absolute atomic E-state index is 13.2. The third kappa shape index (κ3) is 3.25. The Bertz CT molecular complexity index is 1080. The zero-order valence-electron chi connectivity index (χ0n) is 16.7. The van der Waals surface area contributed by atoms with Crippen LogP contribution in [0.15, 0.2) is 34.9 Å². The first-order valence-electron chi connectivity index (χ1n) is 10.0. The van der Waals surface area contributed by atoms with Crippen molar-refractivity contribution < 1.29 is 13.9 Å². The molecule has 1 fully saturated rings. The minimum absolute atomic E-state index is 0.102. The van der Waals surface area contributed by atoms with Crippen molar-refractivity contribution >= 4 is 16.9 Å². The van der Waals surface area contributed by atoms with E-state index in [-0.39, 0.29) is 11.9 Å². The van der Waals surface area contributed by atoms with E-state index in [1.807, 2.05) is 29.3 Å². The summed E-state index contributed by atoms with van der Waals surface area (Å²) in [5.41, 5.74) is 2.98. The Hall–Kier alpha value is -2.93. The molecule has 0 aliphatic carbocycles. The van der Waals surface area contributed by atoms with Crippen molar-refractivity contribution in [3.8, 4) is 5.75 Å². The molecule has 7 nitrogen and oxygen atoms in total. The van der Waals surface area contributed by atoms with Crippen LogP contribution in [0.3, 0.4) is 0 Å². The predicted molar refractivity (Wildman–Crippen MR) is 108 cm³/mol. The van der Waals surface area contributed by atoms with Gasteiger partial charge in [0.2, 0.25) is 0 Å². The molecule has 1 unspecified atom stereocenters. The number of likely N-dealkylation sites (tertiary alicyclic amines) is 1. The lowest BCUT2D eigenvalue weighted by Crippen LogP contribution is -2.32. The van der Waals surface area contributed by atoms with Gasteiger partial charge in [0.25, 0.3) is 5.91 Å². The fourth-order valence-corrected chi connectivity index (χ4v) is 4.31. The van der Waals surface area contributed by atoms with E-state index in [2.05, 4.69) is 16.9 Å². The average molecular weight is 392 g/mol. The molecular weight excluding hydrogens is 368 g/mol. The molecule has 5 rings (SSSR count). The Kier molecular flexibility index (Phi) is 4.47. The van der Waals surface area contributed by atoms with E-state index >= 15 is 0 Å². The van der Waals surface area contributed by atoms with Crippen molar-refractivity contribution in [1.82, 2.24) is 19.8 Å². The average Bonchev–Trinajstić information content (AvgIpc) is 3.39. The molecule has 1 atom stereocenters. The third-order valence-electron chi connectivity index (χ3n) is 5.89. The van der Waals surface area contributed by atoms with Gasteiger partial charge in [0.15, 0.2) is 11.6 Å². The summed E-state index contributed by atoms with van der Waals surface area (Å²) in [5.74, 6) is 1.73. The predicted octanol–water partition coefficient (Wildman–Crippen LogP) is 3.20. The molecule has 7 heteroatoms. The number of likely N-dealkylation sites (N-methyl/N-ethyl adjacent to an activating group) is 1. The summed E-state index contributed by atoms with van der Waals surface area (Å²) in [6.45, 7) is 2.57. The molecule has 4 heterocycles. The van der Waals surface area contributed by atoms with Crippen molar-refractivity contribution in [1.29, 1.82) is 0 Å². The van der Waals surface area contributed by atoms with Gasteiger partial charge in [0.1, 0.15) is 11.3 Å². The number of furan rings is 1. The van der Waals surface area contributed by atoms with Crippen LogP contribution in [-0.2, 0) is 13.0 Å². The molecule has 0 spiro atoms. The molecule has 2 aromatic heterocycles. The van der Waals surface area contributed by atoms with Crippen molar-refractivity contribution in [3.63, 3.8) is 0 Å². The van der Waals surface area contributed by atoms with Gasteiger partial charge in [0, 0.05) is 48.9 Å². The van der Waals surface area contributed by atoms with Crippen molar-refractivity contribution in [3.05, 3.63) is 53.3 Å². The highest BCUT2D eigenvalue weighted by Crippen LogP contribution is 2.33. The monoisotopic (exact) mass is 392 g/mol. The van der Waals surface area contributed by atoms with Gasteiger partial charge in [-0.25, -0.2) is 9.97 Å². The summed E-state index contributed by atoms with van der Waals surface area (Å²) in [4.78, 5) is 26.8. The Morgan fingerprint density at radius 2 is 2.17 bits per heavy atom. The topological polar surface area (TPSA) is 71.7 Å². The zero-order chi connectivity index (χ0) is 20.0. The maximum Gasteiger partial charge on any atom is 0.290 e. The standard InChI is InChI=1S/C22H24N4O3/c1-25-9-7-17-15(13-25)12-23-21(24-17)18-4-3-8-26(18)22(27)20-11-14-10-16(28-2)5-6-19(14)29-20/h5-6,10-12,18H,3-4,7-9,13H2,1-2H3. The molecule has 1 amide bonds. The number of nitrogens with zero attached hydrogens (tertiary/aromatic N) is 4. The van der Waals surface area contributed by atoms with E-state index in [1.54, 1.807) is 13.2 Å². The maximum atomic E-state index is 13.2. The lowest BCUT2D eigenvalue weighted by molar-refractivity contribution is 0.0699. The Morgan fingerprint density at radius 1 is 1.28 bits per heavy atom. The summed E-state index contributed by atoms with van der Waals surface area (Å²) < 4.78 is 11.1. The number of amides is 1. The van der Waals surface area contributed by atoms with Crippen molar-refractivity contribution in [2.24, 2.45) is 0 Å². The summed E-state index contributed by atoms with van der Waals surface area (Å²) in [5, 5.41) is 0.859. The summed E-state index contributed by atoms with van der Waals surface area (Å²) in [6, 6.07) is 7.22. The van der Waals surface area contributed by atoms with Crippen LogP contribution in [0.2, 0.25) is 0 Å². The number of carbonyl (C=O) groups excluding carboxylic acids is 1. The molecule has 0 saturated carbocycles. The quantitative estimate of drug-likeness (QED) is 0.682. The van der Waals surface area contributed by atoms with Gasteiger partial charge in [-0.2, -0.15) is 0 Å². The summed E-state index contributed by atoms with van der Waals surface area (Å²) >= 11 is 0. The molecule has 0 radical (unpaired) electrons. The van der Waals surface area contributed by atoms with E-state index in [0.29, 0.717) is 17.9 Å². The first-order chi connectivity index (χ1) is 14.1. The van der Waals surface area contributed by atoms with Gasteiger partial charge < -0.3 is 19.0 Å². The van der Waals surface area contributed by atoms with Crippen molar-refractivity contribution in [2.45, 2.75) is 31.8 Å². The van der Waals surface area contributed by atoms with Crippen LogP contribution in [-0.4, -0.2) is 52.9 Å². The Morgan fingerprint density at radius 3 is 3.03 bits per heavy atom. The Labute approximate surface area is 169 Å². The lowest BCUT2D eigenvalue weighted by atomic mass is 10.1. The smallest absolute Gasteiger partial charge is 0.290 e. The minimum atomic E-state index is -0.108. The number of fused-ring (bicyclic) bond motifs is 2. The van der Waals surface area contributed by atoms with E-state index in [9.17, 15) is 4.79 Å². The summed E-state index contributed by atoms with van der Waals surface area (Å²) in [6.07, 6.45) is 4.67. The van der Waals surface area contributed by atoms with E-state index in [4.69, 9.17) is 14.1 Å². The molecule has 0 N–H and O–H groups in total. The first-order valence-corrected chi connectivity index (χ1v) is 10.0. The second-order valence-corrected chi connectivity index (χ2v) is 7.86. The van der Waals surface area contributed by atoms with Crippen LogP contribution < -0.4 is 4.74 Å². The van der Waals surface area contributed by atoms with Gasteiger partial charge in [0.05, 0.1) is 13.2 Å². The molecule has 150 valence electrons. The largest absolute Gasteiger partial charge is 0.497 e. The SMILES string of the molecule is COc1ccc2oc(C(=O)N3CCCC3c3ncc4c(n3)CCN(C)C4)cc2c1. The van der Waals surface area contributed by atoms with Gasteiger partial charge in [-0.15, -0.1) is 0 Å². The molecule has 2 aliphatic rings. The number of hydrogen-bond donors (Lipinski definition) is 0. The molecule has 0 bridgehead atoms. The molecule has 1 aromatic carbocycles. The van der Waals surface area contributed by atoms with Gasteiger partial charge in [-0.3, -0.25) is 4.79 Å². The van der Waals surface area contributed by atoms with Crippen LogP contribution in [0.5, 0.6) is 5.75 Å². The zero-order valence-corrected chi connectivity index (χ0v) is 16.7. The van der Waals surface area contributed by atoms with Gasteiger partial charge >= 0.3 is 0 Å². The second-order valence-electron chi connectivity index (χ2n) is 7.86. The third-order valence-corrected chi connectivity index (χ3v) is 5.89. The van der Waals surface area contributed by atoms with Crippen LogP contribution >= 0.6 is 0 Å². The molecular formula is C22H24N4O3. The number of ether oxygens (including phenoxy) is 1. The lowest BCUT2D eigenvalue weighted by Gasteiger charge is -2.26. The molecule has 2 aliphatic heterocycles. The molecule has 29 heavy (non-hydrogen) atoms. The second kappa shape index (κ2) is 7.15. The number of carbonyl (C=O) groups is 1. The van der Waals surface area contributed by atoms with Gasteiger partial charge in [-0.1, -0.05) is 0 Å². The van der Waals surface area contributed by atoms with Crippen LogP contribution in [0, 0.1) is 0 Å². The fraction of sp³-hybridized carbons (Fsp3) is 0.409. The number of benzene rings is 1. The van der Waals surface area contributed by atoms with Crippen LogP contribution in [0.4, 0.5) is 0 Å². The minimum Gasteiger partial charge on any atom is -0.497 e. The molecule has 3 aromatic rings. The first kappa shape index (κ1) is 18.1. The van der Waals surface area contributed by atoms with Crippen LogP contribution in [0.25, 0.3) is 11.0 Å². The highest BCUT2D eigenvalue weighted by Gasteiger charge is 2.34. The number of aromatic nitrogens is 2. The Balaban J connectivity index is 1.42. The number of hydrogen-bond acceptors (Lipinski definition) is 6. The number of rotatable bonds is 3. The van der Waals surface area contributed by atoms with Crippen molar-refractivity contribution in [2.75, 3.05) is 27.2 Å². The highest BCUT2D eigenvalue weighted by atomic mass is 16.5. The summed E-state index contributed by atoms with van der Waals surface area (Å²) in [7, 11) is 3.73. The van der Waals surface area contributed by atoms with E-state index in [1.165, 1.54) is 5.56 Å². The normalized spacial score (nSPS) is 19.5. The number of methoxy groups -OCH3 is 1. The van der Waals surface area contributed by atoms with E-state index < -0.39 is 0 Å². The highest BCUT2D eigenvalue weighted by molar-refractivity contribution is 5.96. The molecule has 1 saturated heterocycles. The fourth-order valence-electron chi connectivity index (χ4n) is 4.31. The van der Waals surface area contributed by atoms with Gasteiger partial charge in [-0.05, 0) is 44.2 Å². The van der Waals surface area contributed by atoms with E-state index in [0.717, 1.165) is 55.0 Å².